The zero-order valence-corrected chi connectivity index (χ0v) is 25.9. The second-order valence-electron chi connectivity index (χ2n) is 11.0. The van der Waals surface area contributed by atoms with Gasteiger partial charge in [-0.3, -0.25) is 15.2 Å². The second-order valence-corrected chi connectivity index (χ2v) is 11.0. The van der Waals surface area contributed by atoms with E-state index in [2.05, 4.69) is 15.5 Å². The third kappa shape index (κ3) is 7.48. The minimum absolute atomic E-state index is 0.152. The number of fused-ring (bicyclic) bond motifs is 1. The molecule has 3 aromatic rings. The number of hydrogen-bond acceptors (Lipinski definition) is 11. The summed E-state index contributed by atoms with van der Waals surface area (Å²) < 4.78 is 27.2. The van der Waals surface area contributed by atoms with E-state index in [4.69, 9.17) is 23.7 Å². The van der Waals surface area contributed by atoms with Crippen LogP contribution in [0.25, 0.3) is 0 Å². The molecule has 0 bridgehead atoms. The summed E-state index contributed by atoms with van der Waals surface area (Å²) in [6.45, 7) is 4.32. The molecule has 0 aliphatic carbocycles. The number of nitrogens with zero attached hydrogens (tertiary/aromatic N) is 2. The lowest BCUT2D eigenvalue weighted by Crippen LogP contribution is -2.32. The van der Waals surface area contributed by atoms with Gasteiger partial charge in [-0.05, 0) is 62.8 Å². The molecule has 3 heterocycles. The number of carbonyl (C=O) groups excluding carboxylic acids is 2. The molecule has 2 aliphatic heterocycles. The predicted octanol–water partition coefficient (Wildman–Crippen LogP) is 5.23. The first-order valence-corrected chi connectivity index (χ1v) is 15.0. The van der Waals surface area contributed by atoms with Gasteiger partial charge in [0.2, 0.25) is 12.7 Å². The number of esters is 2. The van der Waals surface area contributed by atoms with Crippen molar-refractivity contribution in [3.05, 3.63) is 98.0 Å². The van der Waals surface area contributed by atoms with Crippen LogP contribution in [0.4, 0.5) is 5.69 Å². The number of benzene rings is 2. The summed E-state index contributed by atoms with van der Waals surface area (Å²) in [5, 5.41) is 21.8. The Morgan fingerprint density at radius 2 is 1.70 bits per heavy atom. The molecule has 13 nitrogen and oxygen atoms in total. The quantitative estimate of drug-likeness (QED) is 0.104. The van der Waals surface area contributed by atoms with Gasteiger partial charge in [0.05, 0.1) is 42.3 Å². The van der Waals surface area contributed by atoms with Gasteiger partial charge in [-0.15, -0.1) is 5.10 Å². The number of carbonyl (C=O) groups is 2. The maximum absolute atomic E-state index is 13.4. The minimum Gasteiger partial charge on any atom is -0.477 e. The van der Waals surface area contributed by atoms with Crippen LogP contribution in [0, 0.1) is 10.1 Å². The normalized spacial score (nSPS) is 15.4. The number of dihydropyridines is 1. The van der Waals surface area contributed by atoms with E-state index in [0.717, 1.165) is 42.0 Å². The van der Waals surface area contributed by atoms with Crippen LogP contribution in [0.2, 0.25) is 0 Å². The maximum atomic E-state index is 13.4. The molecular formula is C33H36N4O9. The van der Waals surface area contributed by atoms with Crippen LogP contribution in [0.5, 0.6) is 17.4 Å². The van der Waals surface area contributed by atoms with E-state index in [1.807, 2.05) is 24.3 Å². The van der Waals surface area contributed by atoms with Crippen molar-refractivity contribution < 1.29 is 38.2 Å². The van der Waals surface area contributed by atoms with Crippen molar-refractivity contribution in [2.24, 2.45) is 0 Å². The molecule has 2 N–H and O–H groups in total. The Kier molecular flexibility index (Phi) is 10.2. The Labute approximate surface area is 265 Å². The third-order valence-corrected chi connectivity index (χ3v) is 7.76. The fourth-order valence-corrected chi connectivity index (χ4v) is 5.55. The molecule has 2 aliphatic rings. The molecule has 5 rings (SSSR count). The van der Waals surface area contributed by atoms with E-state index in [1.54, 1.807) is 19.9 Å². The van der Waals surface area contributed by atoms with E-state index in [9.17, 15) is 19.7 Å². The molecule has 0 saturated heterocycles. The molecule has 2 aromatic carbocycles. The Morgan fingerprint density at radius 3 is 2.46 bits per heavy atom. The van der Waals surface area contributed by atoms with Crippen molar-refractivity contribution in [3.63, 3.8) is 0 Å². The highest BCUT2D eigenvalue weighted by molar-refractivity contribution is 5.99. The molecular weight excluding hydrogens is 596 g/mol. The zero-order valence-electron chi connectivity index (χ0n) is 25.9. The first kappa shape index (κ1) is 32.1. The van der Waals surface area contributed by atoms with Crippen LogP contribution in [0.15, 0.2) is 71.1 Å². The number of hydrogen-bond donors (Lipinski definition) is 2. The largest absolute Gasteiger partial charge is 0.477 e. The molecule has 13 heteroatoms. The monoisotopic (exact) mass is 632 g/mol. The number of H-pyrrole nitrogens is 1. The average molecular weight is 633 g/mol. The van der Waals surface area contributed by atoms with E-state index in [0.29, 0.717) is 42.3 Å². The van der Waals surface area contributed by atoms with Gasteiger partial charge in [-0.25, -0.2) is 9.59 Å². The number of ether oxygens (including phenoxy) is 5. The van der Waals surface area contributed by atoms with E-state index in [-0.39, 0.29) is 30.2 Å². The summed E-state index contributed by atoms with van der Waals surface area (Å²) >= 11 is 0. The summed E-state index contributed by atoms with van der Waals surface area (Å²) in [5.41, 5.74) is 3.65. The molecule has 46 heavy (non-hydrogen) atoms. The number of non-ortho nitro benzene ring substituents is 1. The van der Waals surface area contributed by atoms with Crippen LogP contribution in [-0.4, -0.2) is 54.2 Å². The molecule has 0 radical (unpaired) electrons. The van der Waals surface area contributed by atoms with E-state index >= 15 is 0 Å². The van der Waals surface area contributed by atoms with Crippen LogP contribution >= 0.6 is 0 Å². The number of aromatic nitrogens is 2. The SMILES string of the molecule is COC(=O)C1=C(C)NC(C)=C(C(=O)OCCCCCCOc2cc(Cc3ccc4c(c3)OCO4)[nH]n2)C1c1cccc([N+](=O)[O-])c1. The van der Waals surface area contributed by atoms with E-state index < -0.39 is 22.8 Å². The van der Waals surface area contributed by atoms with E-state index in [1.165, 1.54) is 25.3 Å². The van der Waals surface area contributed by atoms with Crippen molar-refractivity contribution >= 4 is 17.6 Å². The van der Waals surface area contributed by atoms with Crippen LogP contribution in [0.1, 0.15) is 62.3 Å². The molecule has 0 amide bonds. The number of nitro groups is 1. The highest BCUT2D eigenvalue weighted by Gasteiger charge is 2.38. The van der Waals surface area contributed by atoms with Crippen LogP contribution in [-0.2, 0) is 25.5 Å². The van der Waals surface area contributed by atoms with Crippen molar-refractivity contribution in [1.29, 1.82) is 0 Å². The molecule has 242 valence electrons. The fourth-order valence-electron chi connectivity index (χ4n) is 5.55. The number of allylic oxidation sites excluding steroid dienone is 2. The molecule has 1 unspecified atom stereocenters. The topological polar surface area (TPSA) is 164 Å². The molecule has 1 atom stereocenters. The standard InChI is InChI=1S/C33H36N4O9/c1-20-29(32(38)42-3)31(23-9-8-10-25(17-23)37(40)41)30(21(2)34-20)33(39)44-14-7-5-4-6-13-43-28-18-24(35-36-28)15-22-11-12-26-27(16-22)46-19-45-26/h8-12,16-18,31,34H,4-7,13-15,19H2,1-3H3,(H,35,36). The predicted molar refractivity (Wildman–Crippen MR) is 165 cm³/mol. The lowest BCUT2D eigenvalue weighted by Gasteiger charge is -2.30. The summed E-state index contributed by atoms with van der Waals surface area (Å²) in [6, 6.07) is 13.6. The highest BCUT2D eigenvalue weighted by Crippen LogP contribution is 2.40. The van der Waals surface area contributed by atoms with Gasteiger partial charge < -0.3 is 29.0 Å². The fraction of sp³-hybridized carbons (Fsp3) is 0.364. The van der Waals surface area contributed by atoms with Gasteiger partial charge in [0.25, 0.3) is 5.69 Å². The van der Waals surface area contributed by atoms with Gasteiger partial charge in [-0.2, -0.15) is 0 Å². The lowest BCUT2D eigenvalue weighted by atomic mass is 9.80. The number of rotatable bonds is 14. The van der Waals surface area contributed by atoms with Crippen molar-refractivity contribution in [1.82, 2.24) is 15.5 Å². The zero-order chi connectivity index (χ0) is 32.6. The number of methoxy groups -OCH3 is 1. The first-order valence-electron chi connectivity index (χ1n) is 15.0. The smallest absolute Gasteiger partial charge is 0.336 e. The molecule has 0 spiro atoms. The van der Waals surface area contributed by atoms with Gasteiger partial charge >= 0.3 is 11.9 Å². The van der Waals surface area contributed by atoms with Crippen LogP contribution in [0.3, 0.4) is 0 Å². The number of aromatic amines is 1. The van der Waals surface area contributed by atoms with Crippen molar-refractivity contribution in [2.45, 2.75) is 51.9 Å². The number of nitrogens with one attached hydrogen (secondary N) is 2. The van der Waals surface area contributed by atoms with Gasteiger partial charge in [0.15, 0.2) is 11.5 Å². The Bertz CT molecular complexity index is 1680. The molecule has 0 saturated carbocycles. The summed E-state index contributed by atoms with van der Waals surface area (Å²) in [5.74, 6) is -0.114. The Balaban J connectivity index is 1.08. The van der Waals surface area contributed by atoms with Gasteiger partial charge in [0.1, 0.15) is 0 Å². The average Bonchev–Trinajstić information content (AvgIpc) is 3.70. The molecule has 0 fully saturated rings. The first-order chi connectivity index (χ1) is 22.2. The lowest BCUT2D eigenvalue weighted by molar-refractivity contribution is -0.384. The Morgan fingerprint density at radius 1 is 0.957 bits per heavy atom. The van der Waals surface area contributed by atoms with Crippen molar-refractivity contribution in [3.8, 4) is 17.4 Å². The summed E-state index contributed by atoms with van der Waals surface area (Å²) in [4.78, 5) is 37.1. The minimum atomic E-state index is -0.891. The maximum Gasteiger partial charge on any atom is 0.336 e. The third-order valence-electron chi connectivity index (χ3n) is 7.76. The Hall–Kier alpha value is -5.33. The number of unbranched alkanes of at least 4 members (excludes halogenated alkanes) is 3. The molecule has 1 aromatic heterocycles. The van der Waals surface area contributed by atoms with Crippen molar-refractivity contribution in [2.75, 3.05) is 27.1 Å². The highest BCUT2D eigenvalue weighted by atomic mass is 16.7. The summed E-state index contributed by atoms with van der Waals surface area (Å²) in [7, 11) is 1.25. The number of nitro benzene ring substituents is 1. The van der Waals surface area contributed by atoms with Gasteiger partial charge in [0, 0.05) is 41.7 Å². The van der Waals surface area contributed by atoms with Gasteiger partial charge in [-0.1, -0.05) is 18.2 Å². The summed E-state index contributed by atoms with van der Waals surface area (Å²) in [6.07, 6.45) is 3.76. The second kappa shape index (κ2) is 14.6. The van der Waals surface area contributed by atoms with Crippen LogP contribution < -0.4 is 19.5 Å².